The molecule has 2 fully saturated rings. The van der Waals surface area contributed by atoms with Crippen LogP contribution in [0.2, 0.25) is 0 Å². The van der Waals surface area contributed by atoms with E-state index >= 15 is 0 Å². The van der Waals surface area contributed by atoms with Gasteiger partial charge in [-0.05, 0) is 18.6 Å². The van der Waals surface area contributed by atoms with Crippen molar-refractivity contribution in [2.24, 2.45) is 0 Å². The molecule has 2 saturated heterocycles. The van der Waals surface area contributed by atoms with E-state index in [0.717, 1.165) is 25.3 Å². The van der Waals surface area contributed by atoms with Gasteiger partial charge in [-0.25, -0.2) is 4.98 Å². The van der Waals surface area contributed by atoms with Crippen molar-refractivity contribution in [3.05, 3.63) is 17.8 Å². The molecular formula is C16H19N5O4. The van der Waals surface area contributed by atoms with Crippen molar-refractivity contribution in [2.75, 3.05) is 31.1 Å². The predicted octanol–water partition coefficient (Wildman–Crippen LogP) is -1.21. The van der Waals surface area contributed by atoms with E-state index < -0.39 is 17.9 Å². The number of ether oxygens (including phenoxy) is 1. The van der Waals surface area contributed by atoms with Gasteiger partial charge >= 0.3 is 0 Å². The SMILES string of the molecule is O=C1CCC(NC(=O)c2ccc3c(n2)OC[C@@H]2CNCCN32)C(=O)N1. The van der Waals surface area contributed by atoms with Crippen LogP contribution in [0.5, 0.6) is 5.88 Å². The number of amides is 3. The van der Waals surface area contributed by atoms with E-state index in [1.54, 1.807) is 6.07 Å². The van der Waals surface area contributed by atoms with Crippen LogP contribution in [0.3, 0.4) is 0 Å². The molecule has 1 aromatic rings. The summed E-state index contributed by atoms with van der Waals surface area (Å²) in [7, 11) is 0. The van der Waals surface area contributed by atoms with Gasteiger partial charge in [-0.2, -0.15) is 0 Å². The number of nitrogens with one attached hydrogen (secondary N) is 3. The van der Waals surface area contributed by atoms with Gasteiger partial charge in [0, 0.05) is 26.1 Å². The number of carbonyl (C=O) groups excluding carboxylic acids is 3. The van der Waals surface area contributed by atoms with Crippen LogP contribution in [0.25, 0.3) is 0 Å². The van der Waals surface area contributed by atoms with E-state index in [4.69, 9.17) is 4.74 Å². The highest BCUT2D eigenvalue weighted by molar-refractivity contribution is 6.03. The van der Waals surface area contributed by atoms with Crippen LogP contribution in [0.1, 0.15) is 23.3 Å². The first-order chi connectivity index (χ1) is 12.1. The Hall–Kier alpha value is -2.68. The fraction of sp³-hybridized carbons (Fsp3) is 0.500. The average Bonchev–Trinajstić information content (AvgIpc) is 2.63. The third kappa shape index (κ3) is 3.02. The highest BCUT2D eigenvalue weighted by Crippen LogP contribution is 2.32. The van der Waals surface area contributed by atoms with Gasteiger partial charge in [-0.1, -0.05) is 0 Å². The summed E-state index contributed by atoms with van der Waals surface area (Å²) in [6, 6.07) is 3.01. The van der Waals surface area contributed by atoms with Crippen molar-refractivity contribution < 1.29 is 19.1 Å². The summed E-state index contributed by atoms with van der Waals surface area (Å²) < 4.78 is 5.71. The number of piperidine rings is 1. The number of fused-ring (bicyclic) bond motifs is 3. The van der Waals surface area contributed by atoms with Crippen molar-refractivity contribution in [3.8, 4) is 5.88 Å². The highest BCUT2D eigenvalue weighted by atomic mass is 16.5. The standard InChI is InChI=1S/C16H19N5O4/c22-13-4-2-10(15(24)20-13)18-14(23)11-1-3-12-16(19-11)25-8-9-7-17-5-6-21(9)12/h1,3,9-10,17H,2,4-8H2,(H,18,23)(H,20,22,24)/t9-,10?/m0/s1. The van der Waals surface area contributed by atoms with Crippen LogP contribution in [0, 0.1) is 0 Å². The number of hydrogen-bond donors (Lipinski definition) is 3. The first-order valence-corrected chi connectivity index (χ1v) is 8.37. The normalized spacial score (nSPS) is 25.4. The summed E-state index contributed by atoms with van der Waals surface area (Å²) in [5.41, 5.74) is 1.08. The largest absolute Gasteiger partial charge is 0.474 e. The van der Waals surface area contributed by atoms with Gasteiger partial charge in [0.2, 0.25) is 17.7 Å². The average molecular weight is 345 g/mol. The van der Waals surface area contributed by atoms with E-state index in [9.17, 15) is 14.4 Å². The van der Waals surface area contributed by atoms with Gasteiger partial charge in [0.1, 0.15) is 24.0 Å². The lowest BCUT2D eigenvalue weighted by Gasteiger charge is -2.41. The van der Waals surface area contributed by atoms with E-state index in [0.29, 0.717) is 18.9 Å². The topological polar surface area (TPSA) is 113 Å². The second-order valence-electron chi connectivity index (χ2n) is 6.36. The fourth-order valence-electron chi connectivity index (χ4n) is 3.35. The lowest BCUT2D eigenvalue weighted by atomic mass is 10.1. The second-order valence-corrected chi connectivity index (χ2v) is 6.36. The van der Waals surface area contributed by atoms with Gasteiger partial charge < -0.3 is 20.3 Å². The predicted molar refractivity (Wildman–Crippen MR) is 87.4 cm³/mol. The lowest BCUT2D eigenvalue weighted by molar-refractivity contribution is -0.134. The first kappa shape index (κ1) is 15.8. The molecule has 3 N–H and O–H groups in total. The number of piperazine rings is 1. The summed E-state index contributed by atoms with van der Waals surface area (Å²) in [4.78, 5) is 41.9. The summed E-state index contributed by atoms with van der Waals surface area (Å²) in [6.45, 7) is 3.14. The molecule has 0 bridgehead atoms. The van der Waals surface area contributed by atoms with Crippen LogP contribution in [0.4, 0.5) is 5.69 Å². The van der Waals surface area contributed by atoms with Crippen LogP contribution in [-0.4, -0.2) is 61.0 Å². The molecule has 0 aromatic carbocycles. The Labute approximate surface area is 144 Å². The number of rotatable bonds is 2. The minimum atomic E-state index is -0.721. The van der Waals surface area contributed by atoms with Crippen molar-refractivity contribution in [3.63, 3.8) is 0 Å². The van der Waals surface area contributed by atoms with Crippen molar-refractivity contribution in [1.29, 1.82) is 0 Å². The number of nitrogens with zero attached hydrogens (tertiary/aromatic N) is 2. The second kappa shape index (κ2) is 6.32. The zero-order valence-corrected chi connectivity index (χ0v) is 13.6. The summed E-state index contributed by atoms with van der Waals surface area (Å²) in [6.07, 6.45) is 0.502. The quantitative estimate of drug-likeness (QED) is 0.576. The maximum Gasteiger partial charge on any atom is 0.270 e. The van der Waals surface area contributed by atoms with Crippen molar-refractivity contribution in [2.45, 2.75) is 24.9 Å². The van der Waals surface area contributed by atoms with E-state index in [2.05, 4.69) is 25.8 Å². The molecule has 3 aliphatic rings. The number of carbonyl (C=O) groups is 3. The Balaban J connectivity index is 1.49. The Bertz CT molecular complexity index is 737. The molecule has 4 rings (SSSR count). The van der Waals surface area contributed by atoms with Gasteiger partial charge in [0.25, 0.3) is 5.91 Å². The minimum absolute atomic E-state index is 0.192. The summed E-state index contributed by atoms with van der Waals surface area (Å²) in [5, 5.41) is 8.17. The molecule has 9 nitrogen and oxygen atoms in total. The molecule has 1 aromatic heterocycles. The third-order valence-electron chi connectivity index (χ3n) is 4.69. The molecular weight excluding hydrogens is 326 g/mol. The lowest BCUT2D eigenvalue weighted by Crippen LogP contribution is -2.56. The van der Waals surface area contributed by atoms with Gasteiger partial charge in [-0.3, -0.25) is 19.7 Å². The molecule has 25 heavy (non-hydrogen) atoms. The molecule has 0 radical (unpaired) electrons. The Morgan fingerprint density at radius 1 is 1.36 bits per heavy atom. The Morgan fingerprint density at radius 2 is 2.24 bits per heavy atom. The number of aromatic nitrogens is 1. The van der Waals surface area contributed by atoms with E-state index in [1.165, 1.54) is 0 Å². The zero-order valence-electron chi connectivity index (χ0n) is 13.6. The minimum Gasteiger partial charge on any atom is -0.474 e. The number of anilines is 1. The van der Waals surface area contributed by atoms with E-state index in [-0.39, 0.29) is 24.1 Å². The number of hydrogen-bond acceptors (Lipinski definition) is 7. The van der Waals surface area contributed by atoms with Gasteiger partial charge in [-0.15, -0.1) is 0 Å². The fourth-order valence-corrected chi connectivity index (χ4v) is 3.35. The molecule has 4 heterocycles. The van der Waals surface area contributed by atoms with Crippen LogP contribution < -0.4 is 25.6 Å². The van der Waals surface area contributed by atoms with Crippen molar-refractivity contribution in [1.82, 2.24) is 20.9 Å². The van der Waals surface area contributed by atoms with Gasteiger partial charge in [0.05, 0.1) is 6.04 Å². The molecule has 1 unspecified atom stereocenters. The zero-order chi connectivity index (χ0) is 17.4. The smallest absolute Gasteiger partial charge is 0.270 e. The Morgan fingerprint density at radius 3 is 3.08 bits per heavy atom. The third-order valence-corrected chi connectivity index (χ3v) is 4.69. The van der Waals surface area contributed by atoms with E-state index in [1.807, 2.05) is 6.07 Å². The molecule has 3 aliphatic heterocycles. The van der Waals surface area contributed by atoms with Crippen LogP contribution in [0.15, 0.2) is 12.1 Å². The first-order valence-electron chi connectivity index (χ1n) is 8.37. The molecule has 0 spiro atoms. The summed E-state index contributed by atoms with van der Waals surface area (Å²) >= 11 is 0. The molecule has 2 atom stereocenters. The molecule has 0 aliphatic carbocycles. The maximum atomic E-state index is 12.4. The van der Waals surface area contributed by atoms with Crippen molar-refractivity contribution >= 4 is 23.4 Å². The maximum absolute atomic E-state index is 12.4. The molecule has 3 amide bonds. The Kier molecular flexibility index (Phi) is 4.00. The van der Waals surface area contributed by atoms with Gasteiger partial charge in [0.15, 0.2) is 0 Å². The molecule has 132 valence electrons. The number of pyridine rings is 1. The summed E-state index contributed by atoms with van der Waals surface area (Å²) in [5.74, 6) is -0.818. The molecule has 9 heteroatoms. The van der Waals surface area contributed by atoms with Crippen LogP contribution >= 0.6 is 0 Å². The number of imide groups is 1. The highest BCUT2D eigenvalue weighted by Gasteiger charge is 2.32. The monoisotopic (exact) mass is 345 g/mol. The molecule has 0 saturated carbocycles. The van der Waals surface area contributed by atoms with Crippen LogP contribution in [-0.2, 0) is 9.59 Å².